The molecule has 3 aromatic rings. The number of fused-ring (bicyclic) bond motifs is 2. The zero-order valence-electron chi connectivity index (χ0n) is 21.1. The molecule has 0 unspecified atom stereocenters. The number of nitrogens with zero attached hydrogens (tertiary/aromatic N) is 3. The van der Waals surface area contributed by atoms with Crippen LogP contribution in [0.4, 0.5) is 18.9 Å². The SMILES string of the molecule is O=C(Cn1c2c(sc1=O)[C@@H](c1cccc(Br)c1)[C@@H]1C(=O)N(c3ccccc3C(F)(F)F)C(=O)[C@@H]1S2)N1CCOCC1. The summed E-state index contributed by atoms with van der Waals surface area (Å²) in [5.41, 5.74) is -0.996. The number of thiazole rings is 1. The van der Waals surface area contributed by atoms with Crippen molar-refractivity contribution in [3.05, 3.63) is 78.7 Å². The minimum absolute atomic E-state index is 0.261. The lowest BCUT2D eigenvalue weighted by Crippen LogP contribution is -2.43. The Labute approximate surface area is 248 Å². The summed E-state index contributed by atoms with van der Waals surface area (Å²) in [6, 6.07) is 11.5. The number of halogens is 4. The molecule has 14 heteroatoms. The Kier molecular flexibility index (Phi) is 7.37. The van der Waals surface area contributed by atoms with Crippen LogP contribution in [-0.4, -0.2) is 58.7 Å². The maximum Gasteiger partial charge on any atom is 0.418 e. The van der Waals surface area contributed by atoms with Crippen molar-refractivity contribution in [1.82, 2.24) is 9.47 Å². The van der Waals surface area contributed by atoms with Gasteiger partial charge in [0, 0.05) is 28.4 Å². The van der Waals surface area contributed by atoms with Gasteiger partial charge in [0.2, 0.25) is 17.7 Å². The highest BCUT2D eigenvalue weighted by atomic mass is 79.9. The molecule has 0 spiro atoms. The highest BCUT2D eigenvalue weighted by Crippen LogP contribution is 2.54. The molecule has 4 heterocycles. The third-order valence-electron chi connectivity index (χ3n) is 7.36. The predicted molar refractivity (Wildman–Crippen MR) is 149 cm³/mol. The summed E-state index contributed by atoms with van der Waals surface area (Å²) in [6.45, 7) is 1.29. The summed E-state index contributed by atoms with van der Waals surface area (Å²) in [5, 5.41) is -0.723. The number of morpholine rings is 1. The first kappa shape index (κ1) is 28.2. The van der Waals surface area contributed by atoms with E-state index in [0.717, 1.165) is 35.2 Å². The number of carbonyl (C=O) groups excluding carboxylic acids is 3. The molecule has 0 radical (unpaired) electrons. The van der Waals surface area contributed by atoms with Crippen LogP contribution in [0.5, 0.6) is 0 Å². The topological polar surface area (TPSA) is 88.9 Å². The number of alkyl halides is 3. The number of carbonyl (C=O) groups is 3. The zero-order chi connectivity index (χ0) is 29.1. The van der Waals surface area contributed by atoms with E-state index in [2.05, 4.69) is 15.9 Å². The van der Waals surface area contributed by atoms with Crippen LogP contribution in [0.25, 0.3) is 0 Å². The van der Waals surface area contributed by atoms with Gasteiger partial charge >= 0.3 is 11.0 Å². The zero-order valence-corrected chi connectivity index (χ0v) is 24.3. The van der Waals surface area contributed by atoms with E-state index in [-0.39, 0.29) is 12.5 Å². The Morgan fingerprint density at radius 1 is 1.02 bits per heavy atom. The molecule has 2 aromatic carbocycles. The summed E-state index contributed by atoms with van der Waals surface area (Å²) < 4.78 is 49.0. The van der Waals surface area contributed by atoms with Crippen LogP contribution in [-0.2, 0) is 31.8 Å². The van der Waals surface area contributed by atoms with Gasteiger partial charge < -0.3 is 9.64 Å². The molecule has 6 rings (SSSR count). The number of para-hydroxylation sites is 1. The molecule has 3 aliphatic rings. The maximum absolute atomic E-state index is 13.9. The summed E-state index contributed by atoms with van der Waals surface area (Å²) in [6.07, 6.45) is -4.79. The summed E-state index contributed by atoms with van der Waals surface area (Å²) in [5.74, 6) is -3.69. The lowest BCUT2D eigenvalue weighted by atomic mass is 9.83. The van der Waals surface area contributed by atoms with Crippen molar-refractivity contribution in [1.29, 1.82) is 0 Å². The second-order valence-corrected chi connectivity index (χ2v) is 12.8. The van der Waals surface area contributed by atoms with Gasteiger partial charge in [-0.1, -0.05) is 63.3 Å². The highest BCUT2D eigenvalue weighted by Gasteiger charge is 2.57. The fraction of sp³-hybridized carbons (Fsp3) is 0.333. The molecule has 41 heavy (non-hydrogen) atoms. The molecular formula is C27H21BrF3N3O5S2. The average molecular weight is 669 g/mol. The second kappa shape index (κ2) is 10.7. The normalized spacial score (nSPS) is 22.6. The van der Waals surface area contributed by atoms with E-state index in [0.29, 0.717) is 51.1 Å². The number of aromatic nitrogens is 1. The molecule has 2 saturated heterocycles. The molecule has 0 aliphatic carbocycles. The molecule has 3 aliphatic heterocycles. The van der Waals surface area contributed by atoms with Gasteiger partial charge in [-0.05, 0) is 29.8 Å². The van der Waals surface area contributed by atoms with Crippen LogP contribution in [0.1, 0.15) is 21.9 Å². The van der Waals surface area contributed by atoms with Gasteiger partial charge in [0.1, 0.15) is 11.8 Å². The fourth-order valence-corrected chi connectivity index (χ4v) is 8.70. The van der Waals surface area contributed by atoms with Gasteiger partial charge in [0.15, 0.2) is 0 Å². The number of imide groups is 1. The van der Waals surface area contributed by atoms with E-state index in [1.165, 1.54) is 16.7 Å². The van der Waals surface area contributed by atoms with Crippen molar-refractivity contribution < 1.29 is 32.3 Å². The van der Waals surface area contributed by atoms with Gasteiger partial charge in [0.25, 0.3) is 0 Å². The van der Waals surface area contributed by atoms with Crippen molar-refractivity contribution in [3.8, 4) is 0 Å². The van der Waals surface area contributed by atoms with Crippen molar-refractivity contribution in [2.24, 2.45) is 5.92 Å². The molecule has 214 valence electrons. The summed E-state index contributed by atoms with van der Waals surface area (Å²) in [4.78, 5) is 56.4. The van der Waals surface area contributed by atoms with Crippen molar-refractivity contribution in [3.63, 3.8) is 0 Å². The average Bonchev–Trinajstić information content (AvgIpc) is 3.39. The molecule has 3 atom stereocenters. The van der Waals surface area contributed by atoms with E-state index in [1.807, 2.05) is 0 Å². The van der Waals surface area contributed by atoms with Crippen LogP contribution in [0, 0.1) is 5.92 Å². The van der Waals surface area contributed by atoms with E-state index in [9.17, 15) is 32.3 Å². The van der Waals surface area contributed by atoms with E-state index >= 15 is 0 Å². The molecule has 0 bridgehead atoms. The van der Waals surface area contributed by atoms with Crippen LogP contribution in [0.3, 0.4) is 0 Å². The molecule has 1 aromatic heterocycles. The molecule has 0 saturated carbocycles. The van der Waals surface area contributed by atoms with Crippen LogP contribution < -0.4 is 9.77 Å². The maximum atomic E-state index is 13.9. The van der Waals surface area contributed by atoms with Crippen LogP contribution in [0.2, 0.25) is 0 Å². The van der Waals surface area contributed by atoms with Crippen LogP contribution in [0.15, 0.2) is 62.8 Å². The minimum atomic E-state index is -4.79. The van der Waals surface area contributed by atoms with E-state index in [1.54, 1.807) is 29.2 Å². The lowest BCUT2D eigenvalue weighted by molar-refractivity contribution is -0.137. The largest absolute Gasteiger partial charge is 0.418 e. The Bertz CT molecular complexity index is 1620. The van der Waals surface area contributed by atoms with Crippen molar-refractivity contribution >= 4 is 62.4 Å². The Morgan fingerprint density at radius 3 is 2.46 bits per heavy atom. The number of benzene rings is 2. The smallest absolute Gasteiger partial charge is 0.378 e. The third kappa shape index (κ3) is 4.94. The molecule has 0 N–H and O–H groups in total. The first-order valence-corrected chi connectivity index (χ1v) is 15.1. The standard InChI is InChI=1S/C27H21BrF3N3O5S2/c28-15-5-3-4-14(12-15)19-20-21(24(37)34(23(20)36)17-7-2-1-6-16(17)27(29,30)31)40-25-22(19)41-26(38)33(25)13-18(35)32-8-10-39-11-9-32/h1-7,12,19-21H,8-11,13H2/t19-,20-,21+/m0/s1. The summed E-state index contributed by atoms with van der Waals surface area (Å²) >= 11 is 5.28. The number of rotatable bonds is 4. The first-order chi connectivity index (χ1) is 19.6. The molecule has 3 amide bonds. The van der Waals surface area contributed by atoms with Gasteiger partial charge in [0.05, 0.1) is 35.4 Å². The Morgan fingerprint density at radius 2 is 1.76 bits per heavy atom. The number of thioether (sulfide) groups is 1. The minimum Gasteiger partial charge on any atom is -0.378 e. The monoisotopic (exact) mass is 667 g/mol. The van der Waals surface area contributed by atoms with Gasteiger partial charge in [-0.25, -0.2) is 4.90 Å². The quantitative estimate of drug-likeness (QED) is 0.385. The molecular weight excluding hydrogens is 647 g/mol. The highest BCUT2D eigenvalue weighted by molar-refractivity contribution is 9.10. The predicted octanol–water partition coefficient (Wildman–Crippen LogP) is 4.35. The molecule has 2 fully saturated rings. The fourth-order valence-electron chi connectivity index (χ4n) is 5.51. The second-order valence-electron chi connectivity index (χ2n) is 9.74. The number of ether oxygens (including phenoxy) is 1. The van der Waals surface area contributed by atoms with Gasteiger partial charge in [-0.3, -0.25) is 23.7 Å². The van der Waals surface area contributed by atoms with Crippen molar-refractivity contribution in [2.75, 3.05) is 31.2 Å². The van der Waals surface area contributed by atoms with Gasteiger partial charge in [-0.15, -0.1) is 0 Å². The van der Waals surface area contributed by atoms with Crippen molar-refractivity contribution in [2.45, 2.75) is 28.9 Å². The number of anilines is 1. The van der Waals surface area contributed by atoms with E-state index < -0.39 is 51.2 Å². The number of hydrogen-bond donors (Lipinski definition) is 0. The number of amides is 3. The first-order valence-electron chi connectivity index (χ1n) is 12.6. The summed E-state index contributed by atoms with van der Waals surface area (Å²) in [7, 11) is 0. The third-order valence-corrected chi connectivity index (χ3v) is 10.5. The van der Waals surface area contributed by atoms with Gasteiger partial charge in [-0.2, -0.15) is 13.2 Å². The molecule has 8 nitrogen and oxygen atoms in total. The van der Waals surface area contributed by atoms with E-state index in [4.69, 9.17) is 4.74 Å². The lowest BCUT2D eigenvalue weighted by Gasteiger charge is -2.31. The Hall–Kier alpha value is -2.94. The van der Waals surface area contributed by atoms with Crippen LogP contribution >= 0.6 is 39.0 Å². The number of hydrogen-bond acceptors (Lipinski definition) is 7. The Balaban J connectivity index is 1.46.